The van der Waals surface area contributed by atoms with E-state index in [0.29, 0.717) is 29.2 Å². The van der Waals surface area contributed by atoms with E-state index in [1.807, 2.05) is 73.7 Å². The third-order valence-corrected chi connectivity index (χ3v) is 6.65. The summed E-state index contributed by atoms with van der Waals surface area (Å²) in [7, 11) is 0. The second kappa shape index (κ2) is 13.7. The van der Waals surface area contributed by atoms with Gasteiger partial charge in [0.15, 0.2) is 5.11 Å². The lowest BCUT2D eigenvalue weighted by Crippen LogP contribution is -2.34. The third-order valence-electron chi connectivity index (χ3n) is 5.96. The molecular weight excluding hydrogens is 574 g/mol. The van der Waals surface area contributed by atoms with Crippen LogP contribution in [0.5, 0.6) is 5.75 Å². The third kappa shape index (κ3) is 8.24. The molecule has 0 heterocycles. The van der Waals surface area contributed by atoms with Crippen LogP contribution in [0.3, 0.4) is 0 Å². The van der Waals surface area contributed by atoms with Crippen LogP contribution in [0.4, 0.5) is 5.69 Å². The molecule has 0 aromatic heterocycles. The first-order chi connectivity index (χ1) is 18.9. The number of ether oxygens (including phenoxy) is 1. The van der Waals surface area contributed by atoms with Gasteiger partial charge in [-0.2, -0.15) is 0 Å². The van der Waals surface area contributed by atoms with Crippen molar-refractivity contribution in [3.05, 3.63) is 130 Å². The Balaban J connectivity index is 1.32. The van der Waals surface area contributed by atoms with Crippen LogP contribution in [0.1, 0.15) is 44.8 Å². The van der Waals surface area contributed by atoms with Crippen molar-refractivity contribution in [2.45, 2.75) is 19.4 Å². The van der Waals surface area contributed by atoms with Gasteiger partial charge < -0.3 is 15.4 Å². The zero-order valence-electron chi connectivity index (χ0n) is 21.3. The monoisotopic (exact) mass is 601 g/mol. The van der Waals surface area contributed by atoms with Gasteiger partial charge in [-0.3, -0.25) is 14.9 Å². The molecule has 0 saturated carbocycles. The molecule has 1 atom stereocenters. The summed E-state index contributed by atoms with van der Waals surface area (Å²) in [5, 5.41) is 8.82. The summed E-state index contributed by atoms with van der Waals surface area (Å²) in [4.78, 5) is 25.7. The van der Waals surface area contributed by atoms with E-state index in [4.69, 9.17) is 17.0 Å². The number of anilines is 1. The van der Waals surface area contributed by atoms with Crippen LogP contribution < -0.4 is 20.7 Å². The van der Waals surface area contributed by atoms with Gasteiger partial charge in [0.1, 0.15) is 5.75 Å². The molecule has 0 aliphatic carbocycles. The molecule has 4 aromatic carbocycles. The van der Waals surface area contributed by atoms with Crippen molar-refractivity contribution in [2.24, 2.45) is 0 Å². The van der Waals surface area contributed by atoms with E-state index in [-0.39, 0.29) is 17.1 Å². The van der Waals surface area contributed by atoms with Crippen molar-refractivity contribution in [2.75, 3.05) is 11.9 Å². The molecule has 0 spiro atoms. The second-order valence-corrected chi connectivity index (χ2v) is 10.1. The Kier molecular flexibility index (Phi) is 9.83. The van der Waals surface area contributed by atoms with Crippen LogP contribution in [0.15, 0.2) is 108 Å². The van der Waals surface area contributed by atoms with Crippen LogP contribution >= 0.6 is 28.1 Å². The highest BCUT2D eigenvalue weighted by Gasteiger charge is 2.16. The van der Waals surface area contributed by atoms with Gasteiger partial charge in [-0.25, -0.2) is 0 Å². The number of carbonyl (C=O) groups excluding carboxylic acids is 2. The molecule has 2 amide bonds. The zero-order valence-corrected chi connectivity index (χ0v) is 23.7. The fourth-order valence-electron chi connectivity index (χ4n) is 3.87. The molecule has 3 N–H and O–H groups in total. The smallest absolute Gasteiger partial charge is 0.261 e. The number of hydrogen-bond donors (Lipinski definition) is 3. The number of amides is 2. The number of rotatable bonds is 9. The average Bonchev–Trinajstić information content (AvgIpc) is 2.95. The predicted molar refractivity (Wildman–Crippen MR) is 162 cm³/mol. The van der Waals surface area contributed by atoms with Crippen LogP contribution in [0.2, 0.25) is 0 Å². The zero-order chi connectivity index (χ0) is 27.6. The van der Waals surface area contributed by atoms with Crippen LogP contribution in [0.25, 0.3) is 0 Å². The van der Waals surface area contributed by atoms with Crippen molar-refractivity contribution in [1.82, 2.24) is 10.6 Å². The van der Waals surface area contributed by atoms with Gasteiger partial charge >= 0.3 is 0 Å². The van der Waals surface area contributed by atoms with Gasteiger partial charge in [-0.05, 0) is 72.7 Å². The normalized spacial score (nSPS) is 11.2. The van der Waals surface area contributed by atoms with E-state index in [1.165, 1.54) is 0 Å². The largest absolute Gasteiger partial charge is 0.492 e. The Morgan fingerprint density at radius 2 is 1.54 bits per heavy atom. The molecule has 39 heavy (non-hydrogen) atoms. The van der Waals surface area contributed by atoms with Gasteiger partial charge in [0, 0.05) is 22.1 Å². The SMILES string of the molecule is CC(NC(=O)c1ccc(NC(=S)NC(=O)c2cc(Br)ccc2OCCc2ccccc2)cc1)c1ccccc1. The molecule has 198 valence electrons. The van der Waals surface area contributed by atoms with E-state index in [1.54, 1.807) is 36.4 Å². The Morgan fingerprint density at radius 3 is 2.23 bits per heavy atom. The summed E-state index contributed by atoms with van der Waals surface area (Å²) in [6.07, 6.45) is 0.719. The number of benzene rings is 4. The molecule has 0 saturated heterocycles. The Labute approximate surface area is 241 Å². The maximum atomic E-state index is 13.0. The molecule has 4 rings (SSSR count). The van der Waals surface area contributed by atoms with Crippen LogP contribution in [-0.4, -0.2) is 23.5 Å². The summed E-state index contributed by atoms with van der Waals surface area (Å²) in [5.74, 6) is -0.104. The number of thiocarbonyl (C=S) groups is 1. The molecule has 4 aromatic rings. The molecule has 0 aliphatic rings. The van der Waals surface area contributed by atoms with E-state index >= 15 is 0 Å². The highest BCUT2D eigenvalue weighted by Crippen LogP contribution is 2.24. The van der Waals surface area contributed by atoms with E-state index in [0.717, 1.165) is 22.0 Å². The molecule has 1 unspecified atom stereocenters. The fraction of sp³-hybridized carbons (Fsp3) is 0.129. The van der Waals surface area contributed by atoms with Gasteiger partial charge in [0.25, 0.3) is 11.8 Å². The fourth-order valence-corrected chi connectivity index (χ4v) is 4.44. The predicted octanol–water partition coefficient (Wildman–Crippen LogP) is 6.69. The first-order valence-electron chi connectivity index (χ1n) is 12.4. The number of nitrogens with one attached hydrogen (secondary N) is 3. The Morgan fingerprint density at radius 1 is 0.872 bits per heavy atom. The number of carbonyl (C=O) groups is 2. The van der Waals surface area contributed by atoms with Gasteiger partial charge in [-0.15, -0.1) is 0 Å². The van der Waals surface area contributed by atoms with Gasteiger partial charge in [0.2, 0.25) is 0 Å². The van der Waals surface area contributed by atoms with Crippen molar-refractivity contribution < 1.29 is 14.3 Å². The van der Waals surface area contributed by atoms with Crippen molar-refractivity contribution in [1.29, 1.82) is 0 Å². The summed E-state index contributed by atoms with van der Waals surface area (Å²) in [6.45, 7) is 2.37. The molecule has 0 bridgehead atoms. The lowest BCUT2D eigenvalue weighted by molar-refractivity contribution is 0.0938. The Bertz CT molecular complexity index is 1430. The molecule has 0 fully saturated rings. The van der Waals surface area contributed by atoms with E-state index in [9.17, 15) is 9.59 Å². The number of hydrogen-bond acceptors (Lipinski definition) is 4. The van der Waals surface area contributed by atoms with Crippen LogP contribution in [-0.2, 0) is 6.42 Å². The van der Waals surface area contributed by atoms with Crippen molar-refractivity contribution >= 4 is 50.8 Å². The highest BCUT2D eigenvalue weighted by atomic mass is 79.9. The summed E-state index contributed by atoms with van der Waals surface area (Å²) in [5.41, 5.74) is 3.70. The average molecular weight is 603 g/mol. The first kappa shape index (κ1) is 28.0. The maximum absolute atomic E-state index is 13.0. The minimum atomic E-state index is -0.394. The first-order valence-corrected chi connectivity index (χ1v) is 13.6. The minimum absolute atomic E-state index is 0.121. The highest BCUT2D eigenvalue weighted by molar-refractivity contribution is 9.10. The Hall–Kier alpha value is -4.01. The van der Waals surface area contributed by atoms with E-state index in [2.05, 4.69) is 31.9 Å². The summed E-state index contributed by atoms with van der Waals surface area (Å²) in [6, 6.07) is 31.8. The molecule has 0 aliphatic heterocycles. The minimum Gasteiger partial charge on any atom is -0.492 e. The van der Waals surface area contributed by atoms with Gasteiger partial charge in [-0.1, -0.05) is 76.6 Å². The standard InChI is InChI=1S/C31H28BrN3O3S/c1-21(23-10-6-3-7-11-23)33-29(36)24-12-15-26(16-13-24)34-31(39)35-30(37)27-20-25(32)14-17-28(27)38-19-18-22-8-4-2-5-9-22/h2-17,20-21H,18-19H2,1H3,(H,33,36)(H2,34,35,37,39). The van der Waals surface area contributed by atoms with Crippen LogP contribution in [0, 0.1) is 0 Å². The van der Waals surface area contributed by atoms with E-state index < -0.39 is 5.91 Å². The molecule has 8 heteroatoms. The quantitative estimate of drug-likeness (QED) is 0.186. The molecule has 6 nitrogen and oxygen atoms in total. The topological polar surface area (TPSA) is 79.5 Å². The summed E-state index contributed by atoms with van der Waals surface area (Å²) < 4.78 is 6.67. The van der Waals surface area contributed by atoms with Gasteiger partial charge in [0.05, 0.1) is 18.2 Å². The second-order valence-electron chi connectivity index (χ2n) is 8.82. The lowest BCUT2D eigenvalue weighted by Gasteiger charge is -2.15. The number of halogens is 1. The van der Waals surface area contributed by atoms with Crippen molar-refractivity contribution in [3.63, 3.8) is 0 Å². The lowest BCUT2D eigenvalue weighted by atomic mass is 10.1. The maximum Gasteiger partial charge on any atom is 0.261 e. The van der Waals surface area contributed by atoms with Crippen molar-refractivity contribution in [3.8, 4) is 5.75 Å². The molecular formula is C31H28BrN3O3S. The molecule has 0 radical (unpaired) electrons. The summed E-state index contributed by atoms with van der Waals surface area (Å²) >= 11 is 8.78.